The monoisotopic (exact) mass is 741 g/mol. The molecule has 6 atom stereocenters. The van der Waals surface area contributed by atoms with E-state index < -0.39 is 68.6 Å². The van der Waals surface area contributed by atoms with Gasteiger partial charge in [0, 0.05) is 6.20 Å². The number of pyridine rings is 1. The lowest BCUT2D eigenvalue weighted by Crippen LogP contribution is -2.32. The highest BCUT2D eigenvalue weighted by molar-refractivity contribution is 8.44. The Morgan fingerprint density at radius 1 is 1.30 bits per heavy atom. The van der Waals surface area contributed by atoms with Gasteiger partial charge in [-0.05, 0) is 6.07 Å². The first-order chi connectivity index (χ1) is 22.2. The Bertz CT molecular complexity index is 1920. The molecule has 47 heavy (non-hydrogen) atoms. The van der Waals surface area contributed by atoms with Crippen molar-refractivity contribution >= 4 is 80.0 Å². The molecular weight excluding hydrogens is 717 g/mol. The van der Waals surface area contributed by atoms with E-state index in [2.05, 4.69) is 54.2 Å². The number of alkyl halides is 3. The number of aromatic amines is 1. The topological polar surface area (TPSA) is 244 Å². The maximum absolute atomic E-state index is 15.8. The number of primary amides is 1. The summed E-state index contributed by atoms with van der Waals surface area (Å²) < 4.78 is 86.7. The van der Waals surface area contributed by atoms with Crippen molar-refractivity contribution < 1.29 is 50.4 Å². The minimum Gasteiger partial charge on any atom is -0.461 e. The van der Waals surface area contributed by atoms with E-state index in [-0.39, 0.29) is 60.8 Å². The molecule has 1 amide bonds. The fourth-order valence-electron chi connectivity index (χ4n) is 4.64. The van der Waals surface area contributed by atoms with Gasteiger partial charge >= 0.3 is 6.80 Å². The first-order valence-electron chi connectivity index (χ1n) is 13.0. The third-order valence-electron chi connectivity index (χ3n) is 6.61. The Labute approximate surface area is 272 Å². The summed E-state index contributed by atoms with van der Waals surface area (Å²) in [4.78, 5) is 52.8. The molecule has 5 rings (SSSR count). The lowest BCUT2D eigenvalue weighted by atomic mass is 10.1. The molecular formula is C22H24F3N9O9P2S2. The van der Waals surface area contributed by atoms with Crippen LogP contribution in [0, 0.1) is 0 Å². The van der Waals surface area contributed by atoms with Crippen LogP contribution >= 0.6 is 39.3 Å². The first-order valence-corrected chi connectivity index (χ1v) is 17.9. The molecule has 1 aliphatic heterocycles. The van der Waals surface area contributed by atoms with Crippen LogP contribution in [0.1, 0.15) is 22.4 Å². The minimum atomic E-state index is -4.61. The number of hydrogen-bond donors (Lipinski definition) is 5. The molecule has 25 heteroatoms. The van der Waals surface area contributed by atoms with Gasteiger partial charge < -0.3 is 30.0 Å². The highest BCUT2D eigenvalue weighted by atomic mass is 32.7. The number of thiol groups is 2. The maximum atomic E-state index is 15.8. The Kier molecular flexibility index (Phi) is 10.5. The number of halogens is 3. The third kappa shape index (κ3) is 7.72. The molecule has 2 unspecified atom stereocenters. The fraction of sp³-hybridized carbons (Fsp3) is 0.409. The lowest BCUT2D eigenvalue weighted by Gasteiger charge is -2.24. The van der Waals surface area contributed by atoms with Gasteiger partial charge in [0.25, 0.3) is 18.0 Å². The molecule has 1 aliphatic rings. The van der Waals surface area contributed by atoms with E-state index in [1.165, 1.54) is 6.07 Å². The zero-order valence-corrected chi connectivity index (χ0v) is 27.1. The van der Waals surface area contributed by atoms with Crippen molar-refractivity contribution in [2.45, 2.75) is 43.7 Å². The fourth-order valence-corrected chi connectivity index (χ4v) is 6.47. The second-order valence-electron chi connectivity index (χ2n) is 9.81. The summed E-state index contributed by atoms with van der Waals surface area (Å²) in [5.74, 6) is -5.08. The zero-order chi connectivity index (χ0) is 34.1. The molecule has 0 radical (unpaired) electrons. The van der Waals surface area contributed by atoms with Crippen LogP contribution in [-0.4, -0.2) is 83.9 Å². The van der Waals surface area contributed by atoms with Crippen LogP contribution in [0.4, 0.5) is 19.1 Å². The van der Waals surface area contributed by atoms with Gasteiger partial charge in [-0.3, -0.25) is 33.0 Å². The van der Waals surface area contributed by atoms with Crippen molar-refractivity contribution in [1.82, 2.24) is 34.1 Å². The summed E-state index contributed by atoms with van der Waals surface area (Å²) >= 11 is 7.91. The molecule has 4 aromatic heterocycles. The number of rotatable bonds is 15. The van der Waals surface area contributed by atoms with E-state index in [4.69, 9.17) is 29.8 Å². The Morgan fingerprint density at radius 2 is 2.06 bits per heavy atom. The Hall–Kier alpha value is -3.30. The zero-order valence-electron chi connectivity index (χ0n) is 23.4. The average Bonchev–Trinajstić information content (AvgIpc) is 3.67. The predicted octanol–water partition coefficient (Wildman–Crippen LogP) is 1.68. The van der Waals surface area contributed by atoms with Gasteiger partial charge in [-0.25, -0.2) is 32.7 Å². The second-order valence-corrected chi connectivity index (χ2v) is 13.7. The van der Waals surface area contributed by atoms with Crippen molar-refractivity contribution in [2.75, 3.05) is 18.9 Å². The van der Waals surface area contributed by atoms with Crippen LogP contribution in [0.2, 0.25) is 0 Å². The second kappa shape index (κ2) is 14.0. The average molecular weight is 742 g/mol. The molecule has 5 N–H and O–H groups in total. The number of ether oxygens (including phenoxy) is 2. The van der Waals surface area contributed by atoms with Crippen LogP contribution in [0.25, 0.3) is 22.3 Å². The highest BCUT2D eigenvalue weighted by Gasteiger charge is 2.50. The molecule has 0 aliphatic carbocycles. The molecule has 1 fully saturated rings. The summed E-state index contributed by atoms with van der Waals surface area (Å²) in [5.41, 5.74) is 9.69. The Morgan fingerprint density at radius 3 is 2.77 bits per heavy atom. The maximum Gasteiger partial charge on any atom is 0.387 e. The first kappa shape index (κ1) is 35.0. The number of fused-ring (bicyclic) bond motifs is 2. The van der Waals surface area contributed by atoms with Crippen molar-refractivity contribution in [3.05, 3.63) is 40.3 Å². The Balaban J connectivity index is 1.44. The van der Waals surface area contributed by atoms with Crippen LogP contribution in [0.3, 0.4) is 0 Å². The summed E-state index contributed by atoms with van der Waals surface area (Å²) in [5, 5.41) is 0. The van der Waals surface area contributed by atoms with Gasteiger partial charge in [-0.1, -0.05) is 12.2 Å². The standard InChI is InChI=1S/C22H24F3N9O9P2S2/c23-13-11(3-40-44-46)42-20(34-7-29-14-18(34)31-21(27)32-19(14)37)15(13)43-45(38,47)41-4-12-30-10-1-9(16(26)36)2-28-17(10)33(12)5-22(24,25)6-39-8-35/h1-2,7-8,11,13,15,20,44,46H,3-6H2,(H2,26,36)(H,38,47)(H3,27,31,32,37)/t11-,13-,15-,20-,45?/m1/s1. The van der Waals surface area contributed by atoms with E-state index in [9.17, 15) is 27.7 Å². The van der Waals surface area contributed by atoms with Crippen molar-refractivity contribution in [2.24, 2.45) is 5.73 Å². The molecule has 18 nitrogen and oxygen atoms in total. The van der Waals surface area contributed by atoms with Gasteiger partial charge in [-0.15, -0.1) is 12.2 Å². The van der Waals surface area contributed by atoms with Crippen molar-refractivity contribution in [3.63, 3.8) is 0 Å². The van der Waals surface area contributed by atoms with E-state index in [0.29, 0.717) is 0 Å². The number of carbonyl (C=O) groups is 2. The summed E-state index contributed by atoms with van der Waals surface area (Å²) in [7, 11) is -0.327. The number of nitrogen functional groups attached to an aromatic ring is 1. The number of imidazole rings is 2. The number of amides is 1. The van der Waals surface area contributed by atoms with Crippen molar-refractivity contribution in [3.8, 4) is 0 Å². The quantitative estimate of drug-likeness (QED) is 0.0662. The SMILES string of the molecule is NC(=O)c1cnc2c(c1)nc(COP(=O)(S)O[C@@H]1[C@H](F)[C@@H](COPS)O[C@H]1n1cnc3c(=O)[nH]c(N)nc31)n2CC(F)(F)COC=O. The van der Waals surface area contributed by atoms with E-state index in [1.807, 2.05) is 0 Å². The van der Waals surface area contributed by atoms with Crippen LogP contribution in [0.5, 0.6) is 0 Å². The minimum absolute atomic E-state index is 0.0588. The van der Waals surface area contributed by atoms with E-state index in [0.717, 1.165) is 21.7 Å². The molecule has 1 saturated heterocycles. The van der Waals surface area contributed by atoms with Gasteiger partial charge in [-0.2, -0.15) is 4.98 Å². The number of H-pyrrole nitrogens is 1. The number of anilines is 1. The van der Waals surface area contributed by atoms with Crippen LogP contribution < -0.4 is 17.0 Å². The van der Waals surface area contributed by atoms with E-state index in [1.54, 1.807) is 0 Å². The summed E-state index contributed by atoms with van der Waals surface area (Å²) in [6.45, 7) is -8.30. The number of hydrogen-bond acceptors (Lipinski definition) is 15. The van der Waals surface area contributed by atoms with Crippen LogP contribution in [-0.2, 0) is 45.6 Å². The van der Waals surface area contributed by atoms with Gasteiger partial charge in [0.1, 0.15) is 30.2 Å². The van der Waals surface area contributed by atoms with Gasteiger partial charge in [0.2, 0.25) is 11.9 Å². The number of aromatic nitrogens is 7. The molecule has 0 aromatic carbocycles. The highest BCUT2D eigenvalue weighted by Crippen LogP contribution is 2.57. The number of nitrogens with two attached hydrogens (primary N) is 2. The van der Waals surface area contributed by atoms with E-state index >= 15 is 4.39 Å². The number of nitrogens with zero attached hydrogens (tertiary/aromatic N) is 6. The smallest absolute Gasteiger partial charge is 0.387 e. The molecule has 0 bridgehead atoms. The normalized spacial score (nSPS) is 21.6. The largest absolute Gasteiger partial charge is 0.461 e. The molecule has 0 spiro atoms. The van der Waals surface area contributed by atoms with Gasteiger partial charge in [0.15, 0.2) is 35.8 Å². The molecule has 5 heterocycles. The van der Waals surface area contributed by atoms with Gasteiger partial charge in [0.05, 0.1) is 33.1 Å². The number of carbonyl (C=O) groups excluding carboxylic acids is 2. The third-order valence-corrected chi connectivity index (χ3v) is 8.89. The summed E-state index contributed by atoms with van der Waals surface area (Å²) in [6.07, 6.45) is -4.37. The predicted molar refractivity (Wildman–Crippen MR) is 164 cm³/mol. The molecule has 4 aromatic rings. The van der Waals surface area contributed by atoms with Crippen molar-refractivity contribution in [1.29, 1.82) is 0 Å². The number of nitrogens with one attached hydrogen (secondary N) is 1. The summed E-state index contributed by atoms with van der Waals surface area (Å²) in [6, 6.07) is 1.19. The molecule has 0 saturated carbocycles. The molecule has 254 valence electrons. The van der Waals surface area contributed by atoms with Crippen LogP contribution in [0.15, 0.2) is 23.4 Å². The lowest BCUT2D eigenvalue weighted by molar-refractivity contribution is -0.141.